The molecule has 3 aromatic heterocycles. The standard InChI is InChI=1S/C25H27N3O5S/c1-3-10-32-15-17(29)12-28(13-18-7-6-11-33-18)14-22-26-24(30)23-20(16-34-25(23)27-22)19-8-4-5-9-21(19)31-2/h3-9,11,16-17,29H,1,10,12-15H2,2H3,(H,26,27,30)/t17-/m1/s1. The van der Waals surface area contributed by atoms with Crippen molar-refractivity contribution in [2.45, 2.75) is 19.2 Å². The van der Waals surface area contributed by atoms with Gasteiger partial charge < -0.3 is 24.0 Å². The van der Waals surface area contributed by atoms with Gasteiger partial charge in [0.15, 0.2) is 0 Å². The quantitative estimate of drug-likeness (QED) is 0.234. The number of nitrogens with zero attached hydrogens (tertiary/aromatic N) is 2. The highest BCUT2D eigenvalue weighted by molar-refractivity contribution is 7.17. The molecule has 0 amide bonds. The van der Waals surface area contributed by atoms with Gasteiger partial charge in [-0.15, -0.1) is 17.9 Å². The predicted octanol–water partition coefficient (Wildman–Crippen LogP) is 3.82. The molecule has 0 saturated carbocycles. The number of aromatic amines is 1. The van der Waals surface area contributed by atoms with E-state index < -0.39 is 6.10 Å². The Kier molecular flexibility index (Phi) is 7.91. The largest absolute Gasteiger partial charge is 0.496 e. The van der Waals surface area contributed by atoms with Crippen LogP contribution >= 0.6 is 11.3 Å². The van der Waals surface area contributed by atoms with E-state index in [1.807, 2.05) is 46.7 Å². The molecule has 9 heteroatoms. The van der Waals surface area contributed by atoms with Crippen molar-refractivity contribution in [3.8, 4) is 16.9 Å². The number of furan rings is 1. The average molecular weight is 482 g/mol. The number of aliphatic hydroxyl groups excluding tert-OH is 1. The summed E-state index contributed by atoms with van der Waals surface area (Å²) in [5.41, 5.74) is 1.42. The third kappa shape index (κ3) is 5.63. The molecule has 2 N–H and O–H groups in total. The van der Waals surface area contributed by atoms with E-state index in [-0.39, 0.29) is 12.2 Å². The number of fused-ring (bicyclic) bond motifs is 1. The highest BCUT2D eigenvalue weighted by Crippen LogP contribution is 2.36. The SMILES string of the molecule is C=CCOC[C@H](O)CN(Cc1nc2scc(-c3ccccc3OC)c2c(=O)[nH]1)Cc1ccco1. The summed E-state index contributed by atoms with van der Waals surface area (Å²) in [5.74, 6) is 1.96. The van der Waals surface area contributed by atoms with Crippen LogP contribution in [0.2, 0.25) is 0 Å². The van der Waals surface area contributed by atoms with Crippen molar-refractivity contribution in [3.63, 3.8) is 0 Å². The summed E-state index contributed by atoms with van der Waals surface area (Å²) < 4.78 is 16.3. The van der Waals surface area contributed by atoms with Gasteiger partial charge in [-0.1, -0.05) is 24.3 Å². The smallest absolute Gasteiger partial charge is 0.260 e. The highest BCUT2D eigenvalue weighted by atomic mass is 32.1. The second kappa shape index (κ2) is 11.3. The van der Waals surface area contributed by atoms with Crippen LogP contribution in [0.5, 0.6) is 5.75 Å². The minimum atomic E-state index is -0.718. The summed E-state index contributed by atoms with van der Waals surface area (Å²) in [6.07, 6.45) is 2.52. The Hall–Kier alpha value is -3.24. The fourth-order valence-corrected chi connectivity index (χ4v) is 4.75. The number of ether oxygens (including phenoxy) is 2. The van der Waals surface area contributed by atoms with Crippen molar-refractivity contribution in [1.82, 2.24) is 14.9 Å². The van der Waals surface area contributed by atoms with E-state index in [0.717, 1.165) is 16.9 Å². The molecule has 0 spiro atoms. The van der Waals surface area contributed by atoms with E-state index in [9.17, 15) is 9.90 Å². The molecule has 0 aliphatic carbocycles. The topological polar surface area (TPSA) is 101 Å². The lowest BCUT2D eigenvalue weighted by molar-refractivity contribution is 0.0210. The second-order valence-electron chi connectivity index (χ2n) is 7.77. The van der Waals surface area contributed by atoms with Crippen LogP contribution in [-0.2, 0) is 17.8 Å². The number of methoxy groups -OCH3 is 1. The number of H-pyrrole nitrogens is 1. The number of aliphatic hydroxyl groups is 1. The third-order valence-electron chi connectivity index (χ3n) is 5.24. The molecule has 0 aliphatic heterocycles. The summed E-state index contributed by atoms with van der Waals surface area (Å²) in [6.45, 7) is 5.25. The average Bonchev–Trinajstić information content (AvgIpc) is 3.49. The number of aromatic nitrogens is 2. The molecule has 1 atom stereocenters. The van der Waals surface area contributed by atoms with Crippen molar-refractivity contribution in [1.29, 1.82) is 0 Å². The predicted molar refractivity (Wildman–Crippen MR) is 132 cm³/mol. The molecular formula is C25H27N3O5S. The number of hydrogen-bond donors (Lipinski definition) is 2. The van der Waals surface area contributed by atoms with Crippen molar-refractivity contribution in [2.75, 3.05) is 26.9 Å². The first-order chi connectivity index (χ1) is 16.6. The van der Waals surface area contributed by atoms with E-state index in [1.165, 1.54) is 11.3 Å². The van der Waals surface area contributed by atoms with Crippen LogP contribution in [0.1, 0.15) is 11.6 Å². The van der Waals surface area contributed by atoms with E-state index in [0.29, 0.717) is 48.0 Å². The van der Waals surface area contributed by atoms with Crippen LogP contribution in [0.4, 0.5) is 0 Å². The summed E-state index contributed by atoms with van der Waals surface area (Å²) in [4.78, 5) is 23.3. The zero-order valence-electron chi connectivity index (χ0n) is 18.9. The lowest BCUT2D eigenvalue weighted by Crippen LogP contribution is -2.35. The van der Waals surface area contributed by atoms with E-state index >= 15 is 0 Å². The minimum absolute atomic E-state index is 0.177. The van der Waals surface area contributed by atoms with Crippen LogP contribution in [-0.4, -0.2) is 52.9 Å². The molecule has 34 heavy (non-hydrogen) atoms. The number of para-hydroxylation sites is 1. The fraction of sp³-hybridized carbons (Fsp3) is 0.280. The molecule has 1 aromatic carbocycles. The second-order valence-corrected chi connectivity index (χ2v) is 8.63. The molecule has 178 valence electrons. The Morgan fingerprint density at radius 3 is 2.88 bits per heavy atom. The molecule has 0 unspecified atom stereocenters. The molecule has 0 aliphatic rings. The van der Waals surface area contributed by atoms with E-state index in [2.05, 4.69) is 11.6 Å². The molecule has 4 rings (SSSR count). The molecular weight excluding hydrogens is 454 g/mol. The van der Waals surface area contributed by atoms with E-state index in [1.54, 1.807) is 19.4 Å². The minimum Gasteiger partial charge on any atom is -0.496 e. The molecule has 0 fully saturated rings. The number of nitrogens with one attached hydrogen (secondary N) is 1. The lowest BCUT2D eigenvalue weighted by Gasteiger charge is -2.23. The van der Waals surface area contributed by atoms with Crippen LogP contribution in [0.3, 0.4) is 0 Å². The van der Waals surface area contributed by atoms with Gasteiger partial charge >= 0.3 is 0 Å². The van der Waals surface area contributed by atoms with Crippen LogP contribution < -0.4 is 10.3 Å². The van der Waals surface area contributed by atoms with Crippen LogP contribution in [0.25, 0.3) is 21.3 Å². The lowest BCUT2D eigenvalue weighted by atomic mass is 10.1. The van der Waals surface area contributed by atoms with Gasteiger partial charge in [-0.2, -0.15) is 0 Å². The Bertz CT molecular complexity index is 1280. The van der Waals surface area contributed by atoms with Crippen LogP contribution in [0.15, 0.2) is 69.9 Å². The Morgan fingerprint density at radius 1 is 1.26 bits per heavy atom. The van der Waals surface area contributed by atoms with Crippen molar-refractivity contribution >= 4 is 21.6 Å². The Balaban J connectivity index is 1.59. The third-order valence-corrected chi connectivity index (χ3v) is 6.11. The normalized spacial score (nSPS) is 12.3. The summed E-state index contributed by atoms with van der Waals surface area (Å²) >= 11 is 1.41. The zero-order valence-corrected chi connectivity index (χ0v) is 19.7. The maximum absolute atomic E-state index is 13.1. The van der Waals surface area contributed by atoms with Gasteiger partial charge in [-0.25, -0.2) is 4.98 Å². The van der Waals surface area contributed by atoms with Crippen LogP contribution in [0, 0.1) is 0 Å². The number of benzene rings is 1. The highest BCUT2D eigenvalue weighted by Gasteiger charge is 2.19. The Morgan fingerprint density at radius 2 is 2.12 bits per heavy atom. The Labute approximate surface area is 201 Å². The number of hydrogen-bond acceptors (Lipinski definition) is 8. The van der Waals surface area contributed by atoms with Crippen molar-refractivity contribution in [3.05, 3.63) is 82.6 Å². The zero-order chi connectivity index (χ0) is 23.9. The first-order valence-corrected chi connectivity index (χ1v) is 11.7. The van der Waals surface area contributed by atoms with Gasteiger partial charge in [0.1, 0.15) is 22.2 Å². The summed E-state index contributed by atoms with van der Waals surface area (Å²) in [6, 6.07) is 11.3. The summed E-state index contributed by atoms with van der Waals surface area (Å²) in [5, 5.41) is 12.9. The number of rotatable bonds is 12. The van der Waals surface area contributed by atoms with Gasteiger partial charge in [0.25, 0.3) is 5.56 Å². The fourth-order valence-electron chi connectivity index (χ4n) is 3.79. The van der Waals surface area contributed by atoms with Gasteiger partial charge in [0.05, 0.1) is 51.2 Å². The maximum atomic E-state index is 13.1. The molecule has 3 heterocycles. The van der Waals surface area contributed by atoms with E-state index in [4.69, 9.17) is 18.9 Å². The first kappa shape index (κ1) is 23.9. The molecule has 4 aromatic rings. The van der Waals surface area contributed by atoms with Gasteiger partial charge in [0, 0.05) is 23.1 Å². The monoisotopic (exact) mass is 481 g/mol. The maximum Gasteiger partial charge on any atom is 0.260 e. The summed E-state index contributed by atoms with van der Waals surface area (Å²) in [7, 11) is 1.61. The van der Waals surface area contributed by atoms with Gasteiger partial charge in [0.2, 0.25) is 0 Å². The van der Waals surface area contributed by atoms with Gasteiger partial charge in [-0.05, 0) is 18.2 Å². The molecule has 0 radical (unpaired) electrons. The van der Waals surface area contributed by atoms with Crippen molar-refractivity contribution < 1.29 is 19.0 Å². The molecule has 0 saturated heterocycles. The molecule has 0 bridgehead atoms. The first-order valence-electron chi connectivity index (χ1n) is 10.8. The molecule has 8 nitrogen and oxygen atoms in total. The number of thiophene rings is 1. The van der Waals surface area contributed by atoms with Gasteiger partial charge in [-0.3, -0.25) is 9.69 Å². The van der Waals surface area contributed by atoms with Crippen molar-refractivity contribution in [2.24, 2.45) is 0 Å².